The van der Waals surface area contributed by atoms with Crippen molar-refractivity contribution in [1.82, 2.24) is 14.8 Å². The number of non-ortho nitro benzene ring substituents is 1. The minimum Gasteiger partial charge on any atom is -0.320 e. The van der Waals surface area contributed by atoms with Crippen LogP contribution in [0, 0.1) is 10.1 Å². The molecule has 98 valence electrons. The summed E-state index contributed by atoms with van der Waals surface area (Å²) in [5.41, 5.74) is 1.18. The molecule has 6 nitrogen and oxygen atoms in total. The average Bonchev–Trinajstić information content (AvgIpc) is 2.75. The summed E-state index contributed by atoms with van der Waals surface area (Å²) in [6.07, 6.45) is 3.79. The summed E-state index contributed by atoms with van der Waals surface area (Å²) in [7, 11) is 1.93. The van der Waals surface area contributed by atoms with Crippen LogP contribution >= 0.6 is 0 Å². The van der Waals surface area contributed by atoms with Crippen molar-refractivity contribution in [2.75, 3.05) is 0 Å². The Labute approximate surface area is 110 Å². The van der Waals surface area contributed by atoms with Gasteiger partial charge in [-0.25, -0.2) is 0 Å². The van der Waals surface area contributed by atoms with Gasteiger partial charge in [0.25, 0.3) is 5.69 Å². The molecule has 2 aromatic rings. The molecule has 1 fully saturated rings. The van der Waals surface area contributed by atoms with E-state index in [1.165, 1.54) is 6.07 Å². The van der Waals surface area contributed by atoms with Crippen molar-refractivity contribution in [3.63, 3.8) is 0 Å². The third-order valence-corrected chi connectivity index (χ3v) is 3.86. The van der Waals surface area contributed by atoms with Crippen molar-refractivity contribution in [3.8, 4) is 0 Å². The molecule has 1 aromatic heterocycles. The van der Waals surface area contributed by atoms with Crippen LogP contribution in [0.5, 0.6) is 0 Å². The van der Waals surface area contributed by atoms with Crippen LogP contribution in [-0.2, 0) is 7.05 Å². The minimum absolute atomic E-state index is 0.154. The zero-order chi connectivity index (χ0) is 13.4. The van der Waals surface area contributed by atoms with Crippen LogP contribution < -0.4 is 0 Å². The molecule has 19 heavy (non-hydrogen) atoms. The Morgan fingerprint density at radius 1 is 1.37 bits per heavy atom. The molecule has 1 heterocycles. The fourth-order valence-electron chi connectivity index (χ4n) is 2.70. The van der Waals surface area contributed by atoms with Crippen molar-refractivity contribution in [2.24, 2.45) is 7.05 Å². The van der Waals surface area contributed by atoms with E-state index in [0.717, 1.165) is 24.2 Å². The molecule has 0 spiro atoms. The number of nitro benzene ring substituents is 1. The molecule has 0 amide bonds. The minimum atomic E-state index is -0.348. The second-order valence-electron chi connectivity index (χ2n) is 4.94. The second kappa shape index (κ2) is 4.46. The highest BCUT2D eigenvalue weighted by Gasteiger charge is 2.36. The highest BCUT2D eigenvalue weighted by atomic mass is 16.6. The zero-order valence-electron chi connectivity index (χ0n) is 10.6. The molecule has 0 aliphatic heterocycles. The standard InChI is InChI=1S/C13H14N4O2/c1-16-8-14-15-13(16)12-6-5-11(12)9-3-2-4-10(7-9)17(18)19/h2-4,7-8,11-12H,5-6H2,1H3. The molecular formula is C13H14N4O2. The number of aryl methyl sites for hydroxylation is 1. The molecule has 0 N–H and O–H groups in total. The van der Waals surface area contributed by atoms with Gasteiger partial charge in [-0.3, -0.25) is 10.1 Å². The summed E-state index contributed by atoms with van der Waals surface area (Å²) in [6.45, 7) is 0. The molecule has 2 unspecified atom stereocenters. The molecular weight excluding hydrogens is 244 g/mol. The largest absolute Gasteiger partial charge is 0.320 e. The van der Waals surface area contributed by atoms with Crippen LogP contribution in [0.3, 0.4) is 0 Å². The third-order valence-electron chi connectivity index (χ3n) is 3.86. The molecule has 3 rings (SSSR count). The smallest absolute Gasteiger partial charge is 0.269 e. The van der Waals surface area contributed by atoms with Crippen molar-refractivity contribution in [1.29, 1.82) is 0 Å². The van der Waals surface area contributed by atoms with Gasteiger partial charge >= 0.3 is 0 Å². The lowest BCUT2D eigenvalue weighted by Crippen LogP contribution is -2.24. The quantitative estimate of drug-likeness (QED) is 0.625. The van der Waals surface area contributed by atoms with Crippen LogP contribution in [0.1, 0.15) is 36.1 Å². The normalized spacial score (nSPS) is 21.9. The van der Waals surface area contributed by atoms with E-state index in [1.54, 1.807) is 18.5 Å². The first-order valence-electron chi connectivity index (χ1n) is 6.25. The molecule has 0 bridgehead atoms. The topological polar surface area (TPSA) is 73.8 Å². The van der Waals surface area contributed by atoms with E-state index in [2.05, 4.69) is 10.2 Å². The van der Waals surface area contributed by atoms with Gasteiger partial charge in [0.1, 0.15) is 12.2 Å². The number of rotatable bonds is 3. The molecule has 6 heteroatoms. The number of nitro groups is 1. The number of nitrogens with zero attached hydrogens (tertiary/aromatic N) is 4. The van der Waals surface area contributed by atoms with Gasteiger partial charge in [0, 0.05) is 25.1 Å². The summed E-state index contributed by atoms with van der Waals surface area (Å²) in [5.74, 6) is 1.58. The average molecular weight is 258 g/mol. The Morgan fingerprint density at radius 2 is 2.16 bits per heavy atom. The predicted molar refractivity (Wildman–Crippen MR) is 68.8 cm³/mol. The first-order chi connectivity index (χ1) is 9.16. The van der Waals surface area contributed by atoms with Gasteiger partial charge in [0.05, 0.1) is 4.92 Å². The lowest BCUT2D eigenvalue weighted by Gasteiger charge is -2.36. The summed E-state index contributed by atoms with van der Waals surface area (Å²) >= 11 is 0. The van der Waals surface area contributed by atoms with Crippen LogP contribution in [0.15, 0.2) is 30.6 Å². The first kappa shape index (κ1) is 11.8. The molecule has 0 saturated heterocycles. The van der Waals surface area contributed by atoms with Gasteiger partial charge in [-0.15, -0.1) is 10.2 Å². The maximum absolute atomic E-state index is 10.8. The van der Waals surface area contributed by atoms with Crippen LogP contribution in [0.25, 0.3) is 0 Å². The van der Waals surface area contributed by atoms with E-state index in [4.69, 9.17) is 0 Å². The lowest BCUT2D eigenvalue weighted by atomic mass is 9.69. The maximum Gasteiger partial charge on any atom is 0.269 e. The molecule has 1 saturated carbocycles. The second-order valence-corrected chi connectivity index (χ2v) is 4.94. The van der Waals surface area contributed by atoms with Crippen molar-refractivity contribution >= 4 is 5.69 Å². The van der Waals surface area contributed by atoms with E-state index in [-0.39, 0.29) is 10.6 Å². The molecule has 1 aromatic carbocycles. The van der Waals surface area contributed by atoms with Gasteiger partial charge < -0.3 is 4.57 Å². The molecule has 0 radical (unpaired) electrons. The summed E-state index contributed by atoms with van der Waals surface area (Å²) in [5, 5.41) is 18.9. The van der Waals surface area contributed by atoms with Crippen LogP contribution in [0.4, 0.5) is 5.69 Å². The van der Waals surface area contributed by atoms with Gasteiger partial charge in [-0.2, -0.15) is 0 Å². The Morgan fingerprint density at radius 3 is 2.74 bits per heavy atom. The van der Waals surface area contributed by atoms with Crippen LogP contribution in [-0.4, -0.2) is 19.7 Å². The first-order valence-corrected chi connectivity index (χ1v) is 6.25. The molecule has 1 aliphatic rings. The van der Waals surface area contributed by atoms with Gasteiger partial charge in [0.15, 0.2) is 0 Å². The van der Waals surface area contributed by atoms with Crippen molar-refractivity contribution < 1.29 is 4.92 Å². The van der Waals surface area contributed by atoms with Crippen LogP contribution in [0.2, 0.25) is 0 Å². The highest BCUT2D eigenvalue weighted by molar-refractivity contribution is 5.38. The Kier molecular flexibility index (Phi) is 2.77. The Balaban J connectivity index is 1.89. The summed E-state index contributed by atoms with van der Waals surface area (Å²) in [6, 6.07) is 6.91. The number of benzene rings is 1. The fourth-order valence-corrected chi connectivity index (χ4v) is 2.70. The Hall–Kier alpha value is -2.24. The lowest BCUT2D eigenvalue weighted by molar-refractivity contribution is -0.384. The van der Waals surface area contributed by atoms with E-state index < -0.39 is 0 Å². The summed E-state index contributed by atoms with van der Waals surface area (Å²) in [4.78, 5) is 10.5. The van der Waals surface area contributed by atoms with Gasteiger partial charge in [0.2, 0.25) is 0 Å². The highest BCUT2D eigenvalue weighted by Crippen LogP contribution is 2.48. The number of hydrogen-bond donors (Lipinski definition) is 0. The van der Waals surface area contributed by atoms with Crippen molar-refractivity contribution in [3.05, 3.63) is 52.1 Å². The zero-order valence-corrected chi connectivity index (χ0v) is 10.6. The van der Waals surface area contributed by atoms with Gasteiger partial charge in [-0.05, 0) is 24.3 Å². The van der Waals surface area contributed by atoms with E-state index in [0.29, 0.717) is 11.8 Å². The van der Waals surface area contributed by atoms with E-state index in [1.807, 2.05) is 17.7 Å². The van der Waals surface area contributed by atoms with E-state index in [9.17, 15) is 10.1 Å². The Bertz CT molecular complexity index is 623. The monoisotopic (exact) mass is 258 g/mol. The number of aromatic nitrogens is 3. The number of hydrogen-bond acceptors (Lipinski definition) is 4. The maximum atomic E-state index is 10.8. The van der Waals surface area contributed by atoms with Crippen molar-refractivity contribution in [2.45, 2.75) is 24.7 Å². The summed E-state index contributed by atoms with van der Waals surface area (Å²) < 4.78 is 1.92. The van der Waals surface area contributed by atoms with Gasteiger partial charge in [-0.1, -0.05) is 12.1 Å². The predicted octanol–water partition coefficient (Wildman–Crippen LogP) is 2.38. The molecule has 2 atom stereocenters. The third kappa shape index (κ3) is 1.99. The van der Waals surface area contributed by atoms with E-state index >= 15 is 0 Å². The SMILES string of the molecule is Cn1cnnc1C1CCC1c1cccc([N+](=O)[O-])c1. The molecule has 1 aliphatic carbocycles. The fraction of sp³-hybridized carbons (Fsp3) is 0.385.